The van der Waals surface area contributed by atoms with Crippen molar-refractivity contribution < 1.29 is 9.53 Å². The van der Waals surface area contributed by atoms with Crippen molar-refractivity contribution in [2.24, 2.45) is 0 Å². The van der Waals surface area contributed by atoms with E-state index < -0.39 is 0 Å². The molecule has 1 amide bonds. The van der Waals surface area contributed by atoms with Gasteiger partial charge in [-0.15, -0.1) is 0 Å². The normalized spacial score (nSPS) is 16.2. The molecule has 1 aliphatic rings. The zero-order chi connectivity index (χ0) is 13.8. The van der Waals surface area contributed by atoms with E-state index in [-0.39, 0.29) is 11.9 Å². The summed E-state index contributed by atoms with van der Waals surface area (Å²) in [6.45, 7) is 3.79. The molecule has 4 nitrogen and oxygen atoms in total. The molecule has 0 aromatic heterocycles. The zero-order valence-electron chi connectivity index (χ0n) is 11.3. The van der Waals surface area contributed by atoms with Gasteiger partial charge in [0, 0.05) is 11.6 Å². The van der Waals surface area contributed by atoms with Crippen molar-refractivity contribution in [3.05, 3.63) is 28.3 Å². The highest BCUT2D eigenvalue weighted by Gasteiger charge is 2.18. The van der Waals surface area contributed by atoms with Crippen molar-refractivity contribution in [3.63, 3.8) is 0 Å². The van der Waals surface area contributed by atoms with Crippen LogP contribution in [0.25, 0.3) is 0 Å². The fourth-order valence-electron chi connectivity index (χ4n) is 2.29. The average molecular weight is 283 g/mol. The summed E-state index contributed by atoms with van der Waals surface area (Å²) < 4.78 is 5.14. The van der Waals surface area contributed by atoms with Gasteiger partial charge < -0.3 is 15.4 Å². The van der Waals surface area contributed by atoms with E-state index in [9.17, 15) is 4.79 Å². The zero-order valence-corrected chi connectivity index (χ0v) is 12.0. The summed E-state index contributed by atoms with van der Waals surface area (Å²) in [5.41, 5.74) is 1.48. The molecule has 104 valence electrons. The number of aryl methyl sites for hydroxylation is 1. The first kappa shape index (κ1) is 14.2. The highest BCUT2D eigenvalue weighted by Crippen LogP contribution is 2.27. The topological polar surface area (TPSA) is 50.4 Å². The first-order valence-corrected chi connectivity index (χ1v) is 6.85. The summed E-state index contributed by atoms with van der Waals surface area (Å²) >= 11 is 6.07. The second-order valence-corrected chi connectivity index (χ2v) is 5.21. The Balaban J connectivity index is 2.12. The molecule has 19 heavy (non-hydrogen) atoms. The quantitative estimate of drug-likeness (QED) is 0.893. The second kappa shape index (κ2) is 6.26. The van der Waals surface area contributed by atoms with Crippen LogP contribution in [-0.2, 0) is 0 Å². The maximum Gasteiger partial charge on any atom is 0.251 e. The Morgan fingerprint density at radius 2 is 2.11 bits per heavy atom. The SMILES string of the molecule is COc1cc(C)c(C(=O)NC2CCNCC2)cc1Cl. The maximum atomic E-state index is 12.3. The summed E-state index contributed by atoms with van der Waals surface area (Å²) in [6, 6.07) is 3.71. The lowest BCUT2D eigenvalue weighted by molar-refractivity contribution is 0.0929. The van der Waals surface area contributed by atoms with Crippen LogP contribution in [0.4, 0.5) is 0 Å². The first-order valence-electron chi connectivity index (χ1n) is 6.47. The highest BCUT2D eigenvalue weighted by atomic mass is 35.5. The van der Waals surface area contributed by atoms with Gasteiger partial charge in [-0.1, -0.05) is 11.6 Å². The van der Waals surface area contributed by atoms with Gasteiger partial charge in [-0.05, 0) is 50.6 Å². The van der Waals surface area contributed by atoms with Crippen LogP contribution < -0.4 is 15.4 Å². The molecule has 0 bridgehead atoms. The lowest BCUT2D eigenvalue weighted by Gasteiger charge is -2.24. The van der Waals surface area contributed by atoms with E-state index in [0.29, 0.717) is 16.3 Å². The molecule has 0 unspecified atom stereocenters. The molecule has 5 heteroatoms. The Kier molecular flexibility index (Phi) is 4.66. The fraction of sp³-hybridized carbons (Fsp3) is 0.500. The van der Waals surface area contributed by atoms with Crippen molar-refractivity contribution in [3.8, 4) is 5.75 Å². The van der Waals surface area contributed by atoms with Crippen molar-refractivity contribution >= 4 is 17.5 Å². The Hall–Kier alpha value is -1.26. The molecule has 2 N–H and O–H groups in total. The summed E-state index contributed by atoms with van der Waals surface area (Å²) in [6.07, 6.45) is 1.93. The van der Waals surface area contributed by atoms with E-state index in [1.807, 2.05) is 6.92 Å². The van der Waals surface area contributed by atoms with Gasteiger partial charge in [-0.2, -0.15) is 0 Å². The molecule has 1 heterocycles. The van der Waals surface area contributed by atoms with E-state index in [0.717, 1.165) is 31.5 Å². The molecule has 1 aliphatic heterocycles. The Bertz CT molecular complexity index is 471. The van der Waals surface area contributed by atoms with Gasteiger partial charge in [-0.25, -0.2) is 0 Å². The number of nitrogens with one attached hydrogen (secondary N) is 2. The lowest BCUT2D eigenvalue weighted by atomic mass is 10.0. The Morgan fingerprint density at radius 1 is 1.42 bits per heavy atom. The predicted molar refractivity (Wildman–Crippen MR) is 76.1 cm³/mol. The number of ether oxygens (including phenoxy) is 1. The third kappa shape index (κ3) is 3.39. The van der Waals surface area contributed by atoms with Crippen LogP contribution in [0.5, 0.6) is 5.75 Å². The minimum Gasteiger partial charge on any atom is -0.495 e. The number of carbonyl (C=O) groups excluding carboxylic acids is 1. The van der Waals surface area contributed by atoms with Gasteiger partial charge in [0.05, 0.1) is 12.1 Å². The molecular weight excluding hydrogens is 264 g/mol. The van der Waals surface area contributed by atoms with Gasteiger partial charge in [0.25, 0.3) is 5.91 Å². The van der Waals surface area contributed by atoms with Crippen LogP contribution in [0.15, 0.2) is 12.1 Å². The Morgan fingerprint density at radius 3 is 2.74 bits per heavy atom. The predicted octanol–water partition coefficient (Wildman–Crippen LogP) is 2.14. The fourth-order valence-corrected chi connectivity index (χ4v) is 2.53. The molecular formula is C14H19ClN2O2. The van der Waals surface area contributed by atoms with Gasteiger partial charge in [0.2, 0.25) is 0 Å². The standard InChI is InChI=1S/C14H19ClN2O2/c1-9-7-13(19-2)12(15)8-11(9)14(18)17-10-3-5-16-6-4-10/h7-8,10,16H,3-6H2,1-2H3,(H,17,18). The lowest BCUT2D eigenvalue weighted by Crippen LogP contribution is -2.42. The van der Waals surface area contributed by atoms with Crippen LogP contribution in [0.2, 0.25) is 5.02 Å². The van der Waals surface area contributed by atoms with Crippen LogP contribution in [0.3, 0.4) is 0 Å². The van der Waals surface area contributed by atoms with Gasteiger partial charge in [0.15, 0.2) is 0 Å². The van der Waals surface area contributed by atoms with E-state index >= 15 is 0 Å². The minimum absolute atomic E-state index is 0.0612. The molecule has 1 fully saturated rings. The van der Waals surface area contributed by atoms with Crippen molar-refractivity contribution in [1.82, 2.24) is 10.6 Å². The van der Waals surface area contributed by atoms with Crippen molar-refractivity contribution in [2.45, 2.75) is 25.8 Å². The first-order chi connectivity index (χ1) is 9.11. The smallest absolute Gasteiger partial charge is 0.251 e. The number of benzene rings is 1. The number of carbonyl (C=O) groups is 1. The highest BCUT2D eigenvalue weighted by molar-refractivity contribution is 6.32. The molecule has 0 aliphatic carbocycles. The number of rotatable bonds is 3. The minimum atomic E-state index is -0.0612. The molecule has 1 aromatic carbocycles. The van der Waals surface area contributed by atoms with E-state index in [2.05, 4.69) is 10.6 Å². The number of hydrogen-bond donors (Lipinski definition) is 2. The third-order valence-corrected chi connectivity index (χ3v) is 3.71. The number of amides is 1. The van der Waals surface area contributed by atoms with E-state index in [1.54, 1.807) is 19.2 Å². The van der Waals surface area contributed by atoms with E-state index in [4.69, 9.17) is 16.3 Å². The van der Waals surface area contributed by atoms with Gasteiger partial charge in [0.1, 0.15) is 5.75 Å². The monoisotopic (exact) mass is 282 g/mol. The molecule has 1 aromatic rings. The van der Waals surface area contributed by atoms with Crippen LogP contribution >= 0.6 is 11.6 Å². The largest absolute Gasteiger partial charge is 0.495 e. The van der Waals surface area contributed by atoms with Gasteiger partial charge in [-0.3, -0.25) is 4.79 Å². The molecule has 0 saturated carbocycles. The number of halogens is 1. The summed E-state index contributed by atoms with van der Waals surface area (Å²) in [4.78, 5) is 12.3. The van der Waals surface area contributed by atoms with Crippen LogP contribution in [0, 0.1) is 6.92 Å². The number of methoxy groups -OCH3 is 1. The summed E-state index contributed by atoms with van der Waals surface area (Å²) in [5.74, 6) is 0.534. The molecule has 0 radical (unpaired) electrons. The summed E-state index contributed by atoms with van der Waals surface area (Å²) in [7, 11) is 1.56. The second-order valence-electron chi connectivity index (χ2n) is 4.80. The van der Waals surface area contributed by atoms with Gasteiger partial charge >= 0.3 is 0 Å². The molecule has 0 atom stereocenters. The van der Waals surface area contributed by atoms with Crippen molar-refractivity contribution in [1.29, 1.82) is 0 Å². The third-order valence-electron chi connectivity index (χ3n) is 3.42. The Labute approximate surface area is 118 Å². The van der Waals surface area contributed by atoms with Crippen LogP contribution in [-0.4, -0.2) is 32.1 Å². The van der Waals surface area contributed by atoms with Crippen LogP contribution in [0.1, 0.15) is 28.8 Å². The molecule has 0 spiro atoms. The number of hydrogen-bond acceptors (Lipinski definition) is 3. The van der Waals surface area contributed by atoms with E-state index in [1.165, 1.54) is 0 Å². The number of piperidine rings is 1. The summed E-state index contributed by atoms with van der Waals surface area (Å²) in [5, 5.41) is 6.80. The maximum absolute atomic E-state index is 12.3. The van der Waals surface area contributed by atoms with Crippen molar-refractivity contribution in [2.75, 3.05) is 20.2 Å². The average Bonchev–Trinajstić information content (AvgIpc) is 2.42. The molecule has 2 rings (SSSR count). The molecule has 1 saturated heterocycles.